The largest absolute Gasteiger partial charge is 0.342 e. The van der Waals surface area contributed by atoms with Crippen molar-refractivity contribution in [3.63, 3.8) is 0 Å². The highest BCUT2D eigenvalue weighted by Crippen LogP contribution is 2.38. The van der Waals surface area contributed by atoms with Gasteiger partial charge in [0.1, 0.15) is 0 Å². The van der Waals surface area contributed by atoms with Gasteiger partial charge >= 0.3 is 0 Å². The molecule has 4 rings (SSSR count). The second-order valence-corrected chi connectivity index (χ2v) is 7.22. The number of fused-ring (bicyclic) bond motifs is 2. The van der Waals surface area contributed by atoms with Crippen LogP contribution in [0.4, 0.5) is 0 Å². The minimum absolute atomic E-state index is 0.0633. The van der Waals surface area contributed by atoms with Gasteiger partial charge in [-0.15, -0.1) is 0 Å². The number of benzene rings is 1. The number of rotatable bonds is 0. The number of amides is 1. The fourth-order valence-electron chi connectivity index (χ4n) is 3.88. The van der Waals surface area contributed by atoms with Crippen LogP contribution < -0.4 is 0 Å². The molecule has 1 saturated heterocycles. The second kappa shape index (κ2) is 6.69. The summed E-state index contributed by atoms with van der Waals surface area (Å²) >= 11 is 6.19. The van der Waals surface area contributed by atoms with Gasteiger partial charge < -0.3 is 4.90 Å². The van der Waals surface area contributed by atoms with Gasteiger partial charge in [-0.05, 0) is 48.2 Å². The standard InChI is InChI=1S/C21H19ClN2O2/c1-13(25)24-9-6-14(7-10-24)20-17-5-4-16(22)11-15(17)12-19(26)18-3-2-8-23-21(18)20/h2-5,8,11H,6-7,9-10,12H2,1H3. The van der Waals surface area contributed by atoms with Crippen molar-refractivity contribution < 1.29 is 9.59 Å². The third-order valence-corrected chi connectivity index (χ3v) is 5.43. The molecule has 2 heterocycles. The van der Waals surface area contributed by atoms with E-state index < -0.39 is 0 Å². The van der Waals surface area contributed by atoms with E-state index in [4.69, 9.17) is 11.6 Å². The predicted molar refractivity (Wildman–Crippen MR) is 101 cm³/mol. The normalized spacial score (nSPS) is 16.8. The minimum atomic E-state index is 0.0633. The Balaban J connectivity index is 1.91. The Morgan fingerprint density at radius 1 is 1.15 bits per heavy atom. The molecule has 0 atom stereocenters. The highest BCUT2D eigenvalue weighted by Gasteiger charge is 2.28. The third-order valence-electron chi connectivity index (χ3n) is 5.20. The smallest absolute Gasteiger partial charge is 0.219 e. The third kappa shape index (κ3) is 2.95. The van der Waals surface area contributed by atoms with Crippen molar-refractivity contribution >= 4 is 28.9 Å². The zero-order valence-electron chi connectivity index (χ0n) is 14.6. The average molecular weight is 367 g/mol. The molecule has 0 bridgehead atoms. The second-order valence-electron chi connectivity index (χ2n) is 6.79. The van der Waals surface area contributed by atoms with E-state index in [0.29, 0.717) is 30.1 Å². The molecule has 1 aliphatic carbocycles. The first kappa shape index (κ1) is 17.0. The summed E-state index contributed by atoms with van der Waals surface area (Å²) in [5.74, 6) is 0.171. The van der Waals surface area contributed by atoms with Crippen LogP contribution in [0.3, 0.4) is 0 Å². The molecule has 0 saturated carbocycles. The van der Waals surface area contributed by atoms with Crippen LogP contribution in [0.25, 0.3) is 5.57 Å². The summed E-state index contributed by atoms with van der Waals surface area (Å²) < 4.78 is 0. The predicted octanol–water partition coefficient (Wildman–Crippen LogP) is 3.92. The molecule has 2 aromatic rings. The first-order valence-corrected chi connectivity index (χ1v) is 9.17. The van der Waals surface area contributed by atoms with Crippen molar-refractivity contribution in [1.29, 1.82) is 0 Å². The molecule has 26 heavy (non-hydrogen) atoms. The molecule has 1 amide bonds. The fourth-order valence-corrected chi connectivity index (χ4v) is 4.07. The number of carbonyl (C=O) groups is 2. The van der Waals surface area contributed by atoms with Crippen molar-refractivity contribution in [3.05, 3.63) is 69.5 Å². The molecule has 5 heteroatoms. The van der Waals surface area contributed by atoms with Crippen molar-refractivity contribution in [2.24, 2.45) is 0 Å². The Morgan fingerprint density at radius 2 is 1.92 bits per heavy atom. The van der Waals surface area contributed by atoms with Gasteiger partial charge in [0.25, 0.3) is 0 Å². The quantitative estimate of drug-likeness (QED) is 0.710. The zero-order chi connectivity index (χ0) is 18.3. The molecule has 1 aliphatic heterocycles. The maximum Gasteiger partial charge on any atom is 0.219 e. The number of carbonyl (C=O) groups excluding carboxylic acids is 2. The van der Waals surface area contributed by atoms with Crippen molar-refractivity contribution in [2.75, 3.05) is 13.1 Å². The molecule has 132 valence electrons. The highest BCUT2D eigenvalue weighted by molar-refractivity contribution is 6.30. The van der Waals surface area contributed by atoms with Crippen LogP contribution >= 0.6 is 11.6 Å². The Kier molecular flexibility index (Phi) is 4.37. The summed E-state index contributed by atoms with van der Waals surface area (Å²) in [5, 5.41) is 0.631. The van der Waals surface area contributed by atoms with E-state index in [-0.39, 0.29) is 11.7 Å². The van der Waals surface area contributed by atoms with Crippen molar-refractivity contribution in [1.82, 2.24) is 9.88 Å². The van der Waals surface area contributed by atoms with Gasteiger partial charge in [0.2, 0.25) is 5.91 Å². The van der Waals surface area contributed by atoms with E-state index in [1.165, 1.54) is 5.57 Å². The van der Waals surface area contributed by atoms with Crippen LogP contribution in [0.15, 0.2) is 42.1 Å². The summed E-state index contributed by atoms with van der Waals surface area (Å²) in [4.78, 5) is 30.9. The molecular weight excluding hydrogens is 348 g/mol. The van der Waals surface area contributed by atoms with E-state index in [9.17, 15) is 9.59 Å². The van der Waals surface area contributed by atoms with Crippen LogP contribution in [0.1, 0.15) is 46.9 Å². The Hall–Kier alpha value is -2.46. The molecule has 0 N–H and O–H groups in total. The van der Waals surface area contributed by atoms with E-state index in [1.54, 1.807) is 19.2 Å². The van der Waals surface area contributed by atoms with E-state index in [1.807, 2.05) is 29.2 Å². The number of nitrogens with zero attached hydrogens (tertiary/aromatic N) is 2. The van der Waals surface area contributed by atoms with Crippen molar-refractivity contribution in [3.8, 4) is 0 Å². The monoisotopic (exact) mass is 366 g/mol. The molecule has 1 fully saturated rings. The lowest BCUT2D eigenvalue weighted by atomic mass is 9.88. The lowest BCUT2D eigenvalue weighted by Gasteiger charge is -2.29. The number of hydrogen-bond acceptors (Lipinski definition) is 3. The fraction of sp³-hybridized carbons (Fsp3) is 0.286. The molecule has 1 aromatic heterocycles. The van der Waals surface area contributed by atoms with E-state index >= 15 is 0 Å². The maximum absolute atomic E-state index is 12.8. The number of ketones is 1. The average Bonchev–Trinajstić information content (AvgIpc) is 2.76. The zero-order valence-corrected chi connectivity index (χ0v) is 15.3. The Labute approximate surface area is 157 Å². The topological polar surface area (TPSA) is 50.3 Å². The first-order valence-electron chi connectivity index (χ1n) is 8.79. The molecule has 0 unspecified atom stereocenters. The first-order chi connectivity index (χ1) is 12.5. The van der Waals surface area contributed by atoms with Crippen molar-refractivity contribution in [2.45, 2.75) is 26.2 Å². The summed E-state index contributed by atoms with van der Waals surface area (Å²) in [5.41, 5.74) is 5.69. The minimum Gasteiger partial charge on any atom is -0.342 e. The van der Waals surface area contributed by atoms with Crippen LogP contribution in [0.2, 0.25) is 5.02 Å². The highest BCUT2D eigenvalue weighted by atomic mass is 35.5. The lowest BCUT2D eigenvalue weighted by molar-refractivity contribution is -0.129. The lowest BCUT2D eigenvalue weighted by Crippen LogP contribution is -2.34. The Morgan fingerprint density at radius 3 is 2.65 bits per heavy atom. The summed E-state index contributed by atoms with van der Waals surface area (Å²) in [7, 11) is 0. The van der Waals surface area contributed by atoms with Gasteiger partial charge in [-0.3, -0.25) is 14.6 Å². The van der Waals surface area contributed by atoms with Gasteiger partial charge in [-0.25, -0.2) is 0 Å². The van der Waals surface area contributed by atoms with E-state index in [0.717, 1.165) is 35.2 Å². The van der Waals surface area contributed by atoms with Gasteiger partial charge in [0, 0.05) is 48.8 Å². The number of piperidine rings is 1. The molecule has 4 nitrogen and oxygen atoms in total. The number of aromatic nitrogens is 1. The molecule has 0 radical (unpaired) electrons. The number of hydrogen-bond donors (Lipinski definition) is 0. The van der Waals surface area contributed by atoms with Crippen LogP contribution in [0, 0.1) is 0 Å². The molecule has 2 aliphatic rings. The molecule has 1 aromatic carbocycles. The molecule has 0 spiro atoms. The number of Topliss-reactive ketones (excluding diaryl/α,β-unsaturated/α-hetero) is 1. The van der Waals surface area contributed by atoms with Gasteiger partial charge in [0.15, 0.2) is 5.78 Å². The maximum atomic E-state index is 12.8. The van der Waals surface area contributed by atoms with Gasteiger partial charge in [-0.2, -0.15) is 0 Å². The van der Waals surface area contributed by atoms with Crippen LogP contribution in [0.5, 0.6) is 0 Å². The number of pyridine rings is 1. The van der Waals surface area contributed by atoms with E-state index in [2.05, 4.69) is 4.98 Å². The summed E-state index contributed by atoms with van der Waals surface area (Å²) in [6.07, 6.45) is 3.64. The van der Waals surface area contributed by atoms with Gasteiger partial charge in [0.05, 0.1) is 5.69 Å². The molecular formula is C21H19ClN2O2. The number of halogens is 1. The summed E-state index contributed by atoms with van der Waals surface area (Å²) in [6.45, 7) is 3.01. The summed E-state index contributed by atoms with van der Waals surface area (Å²) in [6, 6.07) is 9.40. The number of likely N-dealkylation sites (tertiary alicyclic amines) is 1. The van der Waals surface area contributed by atoms with Crippen LogP contribution in [-0.2, 0) is 11.2 Å². The Bertz CT molecular complexity index is 939. The van der Waals surface area contributed by atoms with Crippen LogP contribution in [-0.4, -0.2) is 34.7 Å². The SMILES string of the molecule is CC(=O)N1CCC(=C2c3ccc(Cl)cc3CC(=O)c3cccnc32)CC1. The van der Waals surface area contributed by atoms with Gasteiger partial charge in [-0.1, -0.05) is 23.2 Å².